The van der Waals surface area contributed by atoms with Crippen LogP contribution in [0.3, 0.4) is 0 Å². The number of fused-ring (bicyclic) bond motifs is 1. The maximum absolute atomic E-state index is 14.0. The topological polar surface area (TPSA) is 112 Å². The molecule has 5 rings (SSSR count). The fraction of sp³-hybridized carbons (Fsp3) is 0.207. The molecule has 3 heterocycles. The van der Waals surface area contributed by atoms with Crippen molar-refractivity contribution in [2.75, 3.05) is 36.2 Å². The van der Waals surface area contributed by atoms with Gasteiger partial charge >= 0.3 is 6.03 Å². The van der Waals surface area contributed by atoms with Gasteiger partial charge in [0.1, 0.15) is 5.82 Å². The zero-order chi connectivity index (χ0) is 28.9. The molecule has 4 aromatic rings. The molecule has 2 aromatic carbocycles. The van der Waals surface area contributed by atoms with Gasteiger partial charge in [-0.15, -0.1) is 0 Å². The summed E-state index contributed by atoms with van der Waals surface area (Å²) < 4.78 is 15.1. The summed E-state index contributed by atoms with van der Waals surface area (Å²) in [5.41, 5.74) is 3.25. The van der Waals surface area contributed by atoms with E-state index in [4.69, 9.17) is 4.98 Å². The predicted molar refractivity (Wildman–Crippen MR) is 154 cm³/mol. The summed E-state index contributed by atoms with van der Waals surface area (Å²) in [7, 11) is 5.64. The van der Waals surface area contributed by atoms with Crippen LogP contribution >= 0.6 is 0 Å². The third-order valence-electron chi connectivity index (χ3n) is 6.24. The van der Waals surface area contributed by atoms with Crippen LogP contribution in [0.15, 0.2) is 79.3 Å². The van der Waals surface area contributed by atoms with E-state index in [1.54, 1.807) is 77.7 Å². The highest BCUT2D eigenvalue weighted by atomic mass is 19.1. The number of likely N-dealkylation sites (N-methyl/N-ethyl adjacent to an activating group) is 1. The van der Waals surface area contributed by atoms with Crippen LogP contribution < -0.4 is 15.5 Å². The van der Waals surface area contributed by atoms with Gasteiger partial charge in [0.25, 0.3) is 0 Å². The third kappa shape index (κ3) is 6.73. The van der Waals surface area contributed by atoms with E-state index < -0.39 is 0 Å². The minimum atomic E-state index is -0.344. The first-order valence-electron chi connectivity index (χ1n) is 12.9. The lowest BCUT2D eigenvalue weighted by Crippen LogP contribution is -2.45. The predicted octanol–water partition coefficient (Wildman–Crippen LogP) is 4.42. The lowest BCUT2D eigenvalue weighted by atomic mass is 10.1. The van der Waals surface area contributed by atoms with Crippen LogP contribution in [0.5, 0.6) is 0 Å². The molecule has 1 aliphatic heterocycles. The number of benzene rings is 2. The number of nitrogens with zero attached hydrogens (tertiary/aromatic N) is 7. The average molecular weight is 556 g/mol. The second-order valence-corrected chi connectivity index (χ2v) is 9.87. The summed E-state index contributed by atoms with van der Waals surface area (Å²) >= 11 is 0. The Morgan fingerprint density at radius 2 is 1.93 bits per heavy atom. The number of amides is 3. The summed E-state index contributed by atoms with van der Waals surface area (Å²) in [4.78, 5) is 40.7. The van der Waals surface area contributed by atoms with Gasteiger partial charge in [-0.2, -0.15) is 10.1 Å². The smallest absolute Gasteiger partial charge is 0.322 e. The van der Waals surface area contributed by atoms with Gasteiger partial charge in [0.05, 0.1) is 24.1 Å². The van der Waals surface area contributed by atoms with Crippen LogP contribution in [0.4, 0.5) is 38.0 Å². The molecule has 2 aromatic heterocycles. The molecular weight excluding hydrogens is 525 g/mol. The van der Waals surface area contributed by atoms with Crippen molar-refractivity contribution in [3.63, 3.8) is 0 Å². The molecule has 41 heavy (non-hydrogen) atoms. The van der Waals surface area contributed by atoms with E-state index in [0.29, 0.717) is 35.4 Å². The zero-order valence-corrected chi connectivity index (χ0v) is 23.0. The van der Waals surface area contributed by atoms with Gasteiger partial charge in [0.15, 0.2) is 5.82 Å². The quantitative estimate of drug-likeness (QED) is 0.294. The number of hydrogen-bond acceptors (Lipinski definition) is 7. The van der Waals surface area contributed by atoms with Crippen LogP contribution in [0.25, 0.3) is 0 Å². The normalized spacial score (nSPS) is 13.1. The molecule has 12 heteroatoms. The van der Waals surface area contributed by atoms with Gasteiger partial charge in [-0.25, -0.2) is 19.1 Å². The molecule has 0 saturated heterocycles. The van der Waals surface area contributed by atoms with Gasteiger partial charge in [0.2, 0.25) is 11.9 Å². The van der Waals surface area contributed by atoms with E-state index in [9.17, 15) is 14.0 Å². The molecule has 3 amide bonds. The first kappa shape index (κ1) is 27.5. The summed E-state index contributed by atoms with van der Waals surface area (Å²) in [6.07, 6.45) is 8.36. The molecule has 0 radical (unpaired) electrons. The van der Waals surface area contributed by atoms with Crippen molar-refractivity contribution in [2.45, 2.75) is 13.1 Å². The standard InChI is InChI=1S/C29H30FN9O2/c1-36(2)13-5-8-26(40)33-23-6-4-7-25(14-23)39-27-21(15-31-28(35-27)34-24-16-32-37(3)19-24)18-38(29(39)41)17-20-9-11-22(30)12-10-20/h4-12,14-16,19H,13,17-18H2,1-3H3,(H,33,40)(H,31,34,35)/b8-5+. The number of carbonyl (C=O) groups is 2. The number of halogens is 1. The number of anilines is 5. The number of hydrogen-bond donors (Lipinski definition) is 2. The van der Waals surface area contributed by atoms with Crippen LogP contribution in [0.2, 0.25) is 0 Å². The SMILES string of the molecule is CN(C)C/C=C/C(=O)Nc1cccc(N2C(=O)N(Cc3ccc(F)cc3)Cc3cnc(Nc4cnn(C)c4)nc32)c1. The number of nitrogens with one attached hydrogen (secondary N) is 2. The summed E-state index contributed by atoms with van der Waals surface area (Å²) in [5.74, 6) is 0.0962. The largest absolute Gasteiger partial charge is 0.330 e. The summed E-state index contributed by atoms with van der Waals surface area (Å²) in [6.45, 7) is 1.16. The molecule has 1 aliphatic rings. The second-order valence-electron chi connectivity index (χ2n) is 9.87. The van der Waals surface area contributed by atoms with Crippen molar-refractivity contribution < 1.29 is 14.0 Å². The maximum Gasteiger partial charge on any atom is 0.330 e. The number of urea groups is 1. The van der Waals surface area contributed by atoms with E-state index in [2.05, 4.69) is 20.7 Å². The Morgan fingerprint density at radius 3 is 2.66 bits per heavy atom. The number of aryl methyl sites for hydroxylation is 1. The van der Waals surface area contributed by atoms with Crippen molar-refractivity contribution in [3.8, 4) is 0 Å². The Morgan fingerprint density at radius 1 is 1.12 bits per heavy atom. The first-order valence-corrected chi connectivity index (χ1v) is 12.9. The van der Waals surface area contributed by atoms with E-state index in [1.807, 2.05) is 19.0 Å². The fourth-order valence-corrected chi connectivity index (χ4v) is 4.33. The van der Waals surface area contributed by atoms with Crippen molar-refractivity contribution >= 4 is 40.8 Å². The van der Waals surface area contributed by atoms with Crippen molar-refractivity contribution in [2.24, 2.45) is 7.05 Å². The molecule has 0 fully saturated rings. The van der Waals surface area contributed by atoms with Crippen LogP contribution in [0.1, 0.15) is 11.1 Å². The Balaban J connectivity index is 1.47. The highest BCUT2D eigenvalue weighted by Gasteiger charge is 2.33. The lowest BCUT2D eigenvalue weighted by Gasteiger charge is -2.36. The highest BCUT2D eigenvalue weighted by Crippen LogP contribution is 2.35. The monoisotopic (exact) mass is 555 g/mol. The van der Waals surface area contributed by atoms with E-state index in [0.717, 1.165) is 11.1 Å². The van der Waals surface area contributed by atoms with Crippen molar-refractivity contribution in [1.29, 1.82) is 0 Å². The number of carbonyl (C=O) groups excluding carboxylic acids is 2. The molecule has 0 aliphatic carbocycles. The Hall–Kier alpha value is -5.10. The van der Waals surface area contributed by atoms with Gasteiger partial charge < -0.3 is 20.4 Å². The minimum absolute atomic E-state index is 0.262. The lowest BCUT2D eigenvalue weighted by molar-refractivity contribution is -0.111. The Kier molecular flexibility index (Phi) is 8.01. The fourth-order valence-electron chi connectivity index (χ4n) is 4.33. The van der Waals surface area contributed by atoms with E-state index in [1.165, 1.54) is 23.1 Å². The van der Waals surface area contributed by atoms with Gasteiger partial charge in [-0.05, 0) is 50.0 Å². The van der Waals surface area contributed by atoms with Crippen molar-refractivity contribution in [3.05, 3.63) is 96.2 Å². The van der Waals surface area contributed by atoms with Crippen LogP contribution in [-0.2, 0) is 24.9 Å². The summed E-state index contributed by atoms with van der Waals surface area (Å²) in [5, 5.41) is 10.1. The van der Waals surface area contributed by atoms with Gasteiger partial charge in [-0.1, -0.05) is 24.3 Å². The average Bonchev–Trinajstić information content (AvgIpc) is 3.34. The second kappa shape index (κ2) is 12.0. The molecular formula is C29H30FN9O2. The molecule has 0 bridgehead atoms. The van der Waals surface area contributed by atoms with E-state index >= 15 is 0 Å². The highest BCUT2D eigenvalue weighted by molar-refractivity contribution is 6.03. The molecule has 210 valence electrons. The van der Waals surface area contributed by atoms with Crippen LogP contribution in [0, 0.1) is 5.82 Å². The van der Waals surface area contributed by atoms with Gasteiger partial charge in [-0.3, -0.25) is 9.48 Å². The third-order valence-corrected chi connectivity index (χ3v) is 6.24. The van der Waals surface area contributed by atoms with E-state index in [-0.39, 0.29) is 30.8 Å². The Bertz CT molecular complexity index is 1580. The Labute approximate surface area is 236 Å². The zero-order valence-electron chi connectivity index (χ0n) is 23.0. The van der Waals surface area contributed by atoms with Crippen LogP contribution in [-0.4, -0.2) is 62.1 Å². The number of rotatable bonds is 9. The summed E-state index contributed by atoms with van der Waals surface area (Å²) in [6, 6.07) is 12.7. The maximum atomic E-state index is 14.0. The molecule has 0 atom stereocenters. The minimum Gasteiger partial charge on any atom is -0.322 e. The van der Waals surface area contributed by atoms with Crippen molar-refractivity contribution in [1.82, 2.24) is 29.5 Å². The molecule has 11 nitrogen and oxygen atoms in total. The first-order chi connectivity index (χ1) is 19.7. The number of aromatic nitrogens is 4. The molecule has 0 saturated carbocycles. The molecule has 0 unspecified atom stereocenters. The molecule has 0 spiro atoms. The van der Waals surface area contributed by atoms with Gasteiger partial charge in [0, 0.05) is 49.9 Å². The molecule has 2 N–H and O–H groups in total.